The molecule has 1 aromatic carbocycles. The molecule has 0 unspecified atom stereocenters. The fourth-order valence-electron chi connectivity index (χ4n) is 3.35. The van der Waals surface area contributed by atoms with E-state index in [1.165, 1.54) is 6.07 Å². The van der Waals surface area contributed by atoms with Crippen LogP contribution >= 0.6 is 11.6 Å². The minimum atomic E-state index is -0.325. The fraction of sp³-hybridized carbons (Fsp3) is 0.500. The Balaban J connectivity index is 2.11. The number of fused-ring (bicyclic) bond motifs is 1. The molecule has 1 saturated carbocycles. The van der Waals surface area contributed by atoms with Crippen LogP contribution in [-0.2, 0) is 6.42 Å². The molecule has 2 aliphatic rings. The van der Waals surface area contributed by atoms with Gasteiger partial charge in [0.1, 0.15) is 5.82 Å². The van der Waals surface area contributed by atoms with Gasteiger partial charge in [0, 0.05) is 16.0 Å². The molecule has 1 spiro atoms. The Morgan fingerprint density at radius 2 is 1.88 bits per heavy atom. The Kier molecular flexibility index (Phi) is 2.51. The molecule has 90 valence electrons. The van der Waals surface area contributed by atoms with Crippen molar-refractivity contribution in [1.82, 2.24) is 0 Å². The van der Waals surface area contributed by atoms with Crippen LogP contribution in [0.1, 0.15) is 48.0 Å². The van der Waals surface area contributed by atoms with Gasteiger partial charge < -0.3 is 0 Å². The zero-order chi connectivity index (χ0) is 12.0. The van der Waals surface area contributed by atoms with Gasteiger partial charge in [-0.25, -0.2) is 4.39 Å². The van der Waals surface area contributed by atoms with E-state index in [4.69, 9.17) is 11.6 Å². The van der Waals surface area contributed by atoms with E-state index in [-0.39, 0.29) is 17.0 Å². The van der Waals surface area contributed by atoms with Gasteiger partial charge in [0.25, 0.3) is 0 Å². The van der Waals surface area contributed by atoms with Crippen LogP contribution in [-0.4, -0.2) is 5.78 Å². The molecule has 0 aliphatic heterocycles. The van der Waals surface area contributed by atoms with Gasteiger partial charge >= 0.3 is 0 Å². The summed E-state index contributed by atoms with van der Waals surface area (Å²) in [6.07, 6.45) is 5.62. The lowest BCUT2D eigenvalue weighted by Crippen LogP contribution is -2.34. The number of Topliss-reactive ketones (excluding diaryl/α,β-unsaturated/α-hetero) is 1. The zero-order valence-electron chi connectivity index (χ0n) is 9.56. The van der Waals surface area contributed by atoms with E-state index >= 15 is 0 Å². The lowest BCUT2D eigenvalue weighted by atomic mass is 9.69. The molecule has 3 rings (SSSR count). The molecule has 1 nitrogen and oxygen atoms in total. The molecule has 0 amide bonds. The van der Waals surface area contributed by atoms with Crippen LogP contribution in [0.5, 0.6) is 0 Å². The maximum Gasteiger partial charge on any atom is 0.169 e. The van der Waals surface area contributed by atoms with Crippen molar-refractivity contribution in [3.63, 3.8) is 0 Å². The molecular weight excluding hydrogens is 239 g/mol. The largest absolute Gasteiger partial charge is 0.294 e. The molecule has 2 aliphatic carbocycles. The summed E-state index contributed by atoms with van der Waals surface area (Å²) in [6.45, 7) is 0. The quantitative estimate of drug-likeness (QED) is 0.677. The first kappa shape index (κ1) is 11.2. The number of carbonyl (C=O) groups excluding carboxylic acids is 1. The van der Waals surface area contributed by atoms with Gasteiger partial charge in [-0.1, -0.05) is 24.4 Å². The maximum absolute atomic E-state index is 13.7. The highest BCUT2D eigenvalue weighted by molar-refractivity contribution is 6.31. The second-order valence-electron chi connectivity index (χ2n) is 5.23. The third-order valence-electron chi connectivity index (χ3n) is 4.30. The van der Waals surface area contributed by atoms with Crippen LogP contribution < -0.4 is 0 Å². The van der Waals surface area contributed by atoms with Gasteiger partial charge in [-0.3, -0.25) is 4.79 Å². The summed E-state index contributed by atoms with van der Waals surface area (Å²) >= 11 is 5.85. The number of hydrogen-bond donors (Lipinski definition) is 0. The Labute approximate surface area is 105 Å². The van der Waals surface area contributed by atoms with Crippen LogP contribution in [0.15, 0.2) is 12.1 Å². The first-order valence-electron chi connectivity index (χ1n) is 6.15. The Hall–Kier alpha value is -0.890. The van der Waals surface area contributed by atoms with Crippen molar-refractivity contribution in [2.45, 2.75) is 38.5 Å². The summed E-state index contributed by atoms with van der Waals surface area (Å²) in [5.74, 6) is -0.202. The van der Waals surface area contributed by atoms with Crippen LogP contribution in [0.25, 0.3) is 0 Å². The SMILES string of the molecule is O=C1c2cc(Cl)cc(F)c2CCC12CCCC2. The summed E-state index contributed by atoms with van der Waals surface area (Å²) in [7, 11) is 0. The molecule has 0 bridgehead atoms. The van der Waals surface area contributed by atoms with E-state index in [9.17, 15) is 9.18 Å². The van der Waals surface area contributed by atoms with Crippen LogP contribution in [0.3, 0.4) is 0 Å². The van der Waals surface area contributed by atoms with E-state index in [0.29, 0.717) is 22.6 Å². The van der Waals surface area contributed by atoms with Gasteiger partial charge in [0.05, 0.1) is 0 Å². The second-order valence-corrected chi connectivity index (χ2v) is 5.67. The highest BCUT2D eigenvalue weighted by Crippen LogP contribution is 2.48. The molecule has 17 heavy (non-hydrogen) atoms. The highest BCUT2D eigenvalue weighted by Gasteiger charge is 2.44. The molecule has 1 fully saturated rings. The van der Waals surface area contributed by atoms with Gasteiger partial charge in [0.15, 0.2) is 5.78 Å². The third-order valence-corrected chi connectivity index (χ3v) is 4.52. The normalized spacial score (nSPS) is 21.9. The van der Waals surface area contributed by atoms with Crippen molar-refractivity contribution in [2.75, 3.05) is 0 Å². The standard InChI is InChI=1S/C14H14ClFO/c15-9-7-11-10(12(16)8-9)3-6-14(13(11)17)4-1-2-5-14/h7-8H,1-6H2. The minimum Gasteiger partial charge on any atom is -0.294 e. The van der Waals surface area contributed by atoms with Crippen LogP contribution in [0, 0.1) is 11.2 Å². The van der Waals surface area contributed by atoms with Gasteiger partial charge in [-0.15, -0.1) is 0 Å². The topological polar surface area (TPSA) is 17.1 Å². The maximum atomic E-state index is 13.7. The van der Waals surface area contributed by atoms with Crippen LogP contribution in [0.4, 0.5) is 4.39 Å². The van der Waals surface area contributed by atoms with Crippen molar-refractivity contribution < 1.29 is 9.18 Å². The number of benzene rings is 1. The number of hydrogen-bond acceptors (Lipinski definition) is 1. The van der Waals surface area contributed by atoms with Crippen molar-refractivity contribution in [3.8, 4) is 0 Å². The molecule has 0 radical (unpaired) electrons. The van der Waals surface area contributed by atoms with Crippen molar-refractivity contribution in [2.24, 2.45) is 5.41 Å². The smallest absolute Gasteiger partial charge is 0.169 e. The summed E-state index contributed by atoms with van der Waals surface area (Å²) < 4.78 is 13.7. The molecule has 0 aromatic heterocycles. The minimum absolute atomic E-state index is 0.123. The molecule has 0 N–H and O–H groups in total. The van der Waals surface area contributed by atoms with Gasteiger partial charge in [-0.05, 0) is 43.4 Å². The first-order valence-corrected chi connectivity index (χ1v) is 6.53. The first-order chi connectivity index (χ1) is 8.12. The van der Waals surface area contributed by atoms with E-state index in [1.807, 2.05) is 0 Å². The summed E-state index contributed by atoms with van der Waals surface area (Å²) in [4.78, 5) is 12.5. The third kappa shape index (κ3) is 1.61. The molecule has 0 heterocycles. The lowest BCUT2D eigenvalue weighted by molar-refractivity contribution is 0.0763. The number of halogens is 2. The average molecular weight is 253 g/mol. The predicted molar refractivity (Wildman–Crippen MR) is 65.0 cm³/mol. The van der Waals surface area contributed by atoms with E-state index in [2.05, 4.69) is 0 Å². The number of carbonyl (C=O) groups is 1. The molecule has 0 saturated heterocycles. The van der Waals surface area contributed by atoms with E-state index in [0.717, 1.165) is 32.1 Å². The van der Waals surface area contributed by atoms with Crippen molar-refractivity contribution in [1.29, 1.82) is 0 Å². The van der Waals surface area contributed by atoms with E-state index < -0.39 is 0 Å². The van der Waals surface area contributed by atoms with Crippen molar-refractivity contribution in [3.05, 3.63) is 34.1 Å². The summed E-state index contributed by atoms with van der Waals surface area (Å²) in [5.41, 5.74) is 0.893. The summed E-state index contributed by atoms with van der Waals surface area (Å²) in [6, 6.07) is 2.95. The molecular formula is C14H14ClFO. The lowest BCUT2D eigenvalue weighted by Gasteiger charge is -2.33. The van der Waals surface area contributed by atoms with Gasteiger partial charge in [0.2, 0.25) is 0 Å². The number of rotatable bonds is 0. The van der Waals surface area contributed by atoms with Gasteiger partial charge in [-0.2, -0.15) is 0 Å². The van der Waals surface area contributed by atoms with Crippen LogP contribution in [0.2, 0.25) is 5.02 Å². The van der Waals surface area contributed by atoms with Crippen molar-refractivity contribution >= 4 is 17.4 Å². The molecule has 0 atom stereocenters. The monoisotopic (exact) mass is 252 g/mol. The Morgan fingerprint density at radius 3 is 2.59 bits per heavy atom. The second kappa shape index (κ2) is 3.81. The summed E-state index contributed by atoms with van der Waals surface area (Å²) in [5, 5.41) is 0.324. The average Bonchev–Trinajstić information content (AvgIpc) is 2.74. The highest BCUT2D eigenvalue weighted by atomic mass is 35.5. The molecule has 3 heteroatoms. The predicted octanol–water partition coefficient (Wildman–Crippen LogP) is 4.17. The zero-order valence-corrected chi connectivity index (χ0v) is 10.3. The molecule has 1 aromatic rings. The Morgan fingerprint density at radius 1 is 1.18 bits per heavy atom. The fourth-order valence-corrected chi connectivity index (χ4v) is 3.56. The Bertz CT molecular complexity index is 489. The number of ketones is 1. The van der Waals surface area contributed by atoms with E-state index in [1.54, 1.807) is 6.07 Å².